The average Bonchev–Trinajstić information content (AvgIpc) is 3.24. The summed E-state index contributed by atoms with van der Waals surface area (Å²) in [5.74, 6) is -1.85. The van der Waals surface area contributed by atoms with Crippen molar-refractivity contribution in [2.45, 2.75) is 19.1 Å². The molecule has 0 saturated carbocycles. The van der Waals surface area contributed by atoms with E-state index in [0.29, 0.717) is 23.1 Å². The first-order chi connectivity index (χ1) is 14.0. The van der Waals surface area contributed by atoms with Crippen molar-refractivity contribution >= 4 is 23.8 Å². The molecule has 0 aromatic heterocycles. The Morgan fingerprint density at radius 2 is 1.79 bits per heavy atom. The Balaban J connectivity index is 1.57. The highest BCUT2D eigenvalue weighted by Crippen LogP contribution is 2.27. The number of cyclic esters (lactones) is 1. The van der Waals surface area contributed by atoms with Crippen LogP contribution in [-0.2, 0) is 20.8 Å². The average molecular weight is 395 g/mol. The Labute approximate surface area is 166 Å². The lowest BCUT2D eigenvalue weighted by Crippen LogP contribution is -2.29. The molecular formula is C21H17NO7. The van der Waals surface area contributed by atoms with Gasteiger partial charge in [-0.3, -0.25) is 14.5 Å². The van der Waals surface area contributed by atoms with Crippen LogP contribution in [0, 0.1) is 0 Å². The van der Waals surface area contributed by atoms with Crippen molar-refractivity contribution < 1.29 is 33.4 Å². The van der Waals surface area contributed by atoms with E-state index in [9.17, 15) is 19.2 Å². The molecule has 0 bridgehead atoms. The number of amides is 2. The SMILES string of the molecule is COc1ccc(CN2C(=O)c3ccccc3C2=O)cc1C(=O)O[C@@H]1CCOC1=O. The quantitative estimate of drug-likeness (QED) is 0.564. The number of imide groups is 1. The second kappa shape index (κ2) is 7.38. The number of esters is 2. The Hall–Kier alpha value is -3.68. The lowest BCUT2D eigenvalue weighted by molar-refractivity contribution is -0.145. The lowest BCUT2D eigenvalue weighted by atomic mass is 10.1. The fourth-order valence-corrected chi connectivity index (χ4v) is 3.36. The molecule has 2 heterocycles. The number of nitrogens with zero attached hydrogens (tertiary/aromatic N) is 1. The van der Waals surface area contributed by atoms with Gasteiger partial charge in [0.1, 0.15) is 11.3 Å². The summed E-state index contributed by atoms with van der Waals surface area (Å²) in [5.41, 5.74) is 1.35. The Bertz CT molecular complexity index is 994. The minimum absolute atomic E-state index is 0.0118. The van der Waals surface area contributed by atoms with Gasteiger partial charge in [-0.2, -0.15) is 0 Å². The second-order valence-corrected chi connectivity index (χ2v) is 6.63. The minimum atomic E-state index is -0.952. The summed E-state index contributed by atoms with van der Waals surface area (Å²) < 4.78 is 15.2. The molecule has 1 atom stereocenters. The molecule has 1 saturated heterocycles. The Morgan fingerprint density at radius 1 is 1.10 bits per heavy atom. The molecule has 8 heteroatoms. The van der Waals surface area contributed by atoms with Crippen molar-refractivity contribution in [3.63, 3.8) is 0 Å². The first-order valence-corrected chi connectivity index (χ1v) is 8.99. The summed E-state index contributed by atoms with van der Waals surface area (Å²) >= 11 is 0. The number of hydrogen-bond acceptors (Lipinski definition) is 7. The molecule has 0 radical (unpaired) electrons. The van der Waals surface area contributed by atoms with Crippen molar-refractivity contribution in [3.05, 3.63) is 64.7 Å². The summed E-state index contributed by atoms with van der Waals surface area (Å²) in [4.78, 5) is 50.4. The van der Waals surface area contributed by atoms with Gasteiger partial charge in [0.05, 0.1) is 31.4 Å². The van der Waals surface area contributed by atoms with Gasteiger partial charge in [0, 0.05) is 6.42 Å². The number of benzene rings is 2. The van der Waals surface area contributed by atoms with E-state index in [-0.39, 0.29) is 36.3 Å². The van der Waals surface area contributed by atoms with Crippen LogP contribution >= 0.6 is 0 Å². The lowest BCUT2D eigenvalue weighted by Gasteiger charge is -2.16. The largest absolute Gasteiger partial charge is 0.496 e. The standard InChI is InChI=1S/C21H17NO7/c1-27-16-7-6-12(10-15(16)20(25)29-17-8-9-28-21(17)26)11-22-18(23)13-4-2-3-5-14(13)19(22)24/h2-7,10,17H,8-9,11H2,1H3/t17-/m1/s1. The highest BCUT2D eigenvalue weighted by molar-refractivity contribution is 6.21. The predicted octanol–water partition coefficient (Wildman–Crippen LogP) is 1.96. The number of fused-ring (bicyclic) bond motifs is 1. The second-order valence-electron chi connectivity index (χ2n) is 6.63. The van der Waals surface area contributed by atoms with Gasteiger partial charge in [0.15, 0.2) is 0 Å². The number of carbonyl (C=O) groups is 4. The first-order valence-electron chi connectivity index (χ1n) is 8.99. The van der Waals surface area contributed by atoms with Crippen molar-refractivity contribution in [2.75, 3.05) is 13.7 Å². The molecule has 0 unspecified atom stereocenters. The van der Waals surface area contributed by atoms with E-state index in [4.69, 9.17) is 14.2 Å². The summed E-state index contributed by atoms with van der Waals surface area (Å²) in [6.07, 6.45) is -0.658. The first kappa shape index (κ1) is 18.7. The molecule has 0 aliphatic carbocycles. The third-order valence-corrected chi connectivity index (χ3v) is 4.84. The molecule has 8 nitrogen and oxygen atoms in total. The van der Waals surface area contributed by atoms with Gasteiger partial charge in [-0.1, -0.05) is 18.2 Å². The van der Waals surface area contributed by atoms with E-state index in [0.717, 1.165) is 4.90 Å². The van der Waals surface area contributed by atoms with E-state index in [2.05, 4.69) is 0 Å². The molecule has 2 aromatic carbocycles. The fourth-order valence-electron chi connectivity index (χ4n) is 3.36. The molecule has 0 spiro atoms. The van der Waals surface area contributed by atoms with Crippen LogP contribution < -0.4 is 4.74 Å². The van der Waals surface area contributed by atoms with Crippen LogP contribution in [-0.4, -0.2) is 48.5 Å². The van der Waals surface area contributed by atoms with Gasteiger partial charge < -0.3 is 14.2 Å². The highest BCUT2D eigenvalue weighted by atomic mass is 16.6. The summed E-state index contributed by atoms with van der Waals surface area (Å²) in [7, 11) is 1.40. The smallest absolute Gasteiger partial charge is 0.347 e. The van der Waals surface area contributed by atoms with Crippen LogP contribution in [0.5, 0.6) is 5.75 Å². The van der Waals surface area contributed by atoms with Crippen LogP contribution in [0.25, 0.3) is 0 Å². The van der Waals surface area contributed by atoms with Crippen LogP contribution in [0.2, 0.25) is 0 Å². The van der Waals surface area contributed by atoms with E-state index >= 15 is 0 Å². The zero-order chi connectivity index (χ0) is 20.5. The predicted molar refractivity (Wildman–Crippen MR) is 98.4 cm³/mol. The van der Waals surface area contributed by atoms with E-state index in [1.165, 1.54) is 13.2 Å². The van der Waals surface area contributed by atoms with Crippen LogP contribution in [0.3, 0.4) is 0 Å². The topological polar surface area (TPSA) is 99.2 Å². The summed E-state index contributed by atoms with van der Waals surface area (Å²) in [6, 6.07) is 11.3. The Kier molecular flexibility index (Phi) is 4.75. The van der Waals surface area contributed by atoms with Gasteiger partial charge in [-0.25, -0.2) is 9.59 Å². The minimum Gasteiger partial charge on any atom is -0.496 e. The van der Waals surface area contributed by atoms with Gasteiger partial charge in [0.25, 0.3) is 11.8 Å². The van der Waals surface area contributed by atoms with Gasteiger partial charge >= 0.3 is 11.9 Å². The van der Waals surface area contributed by atoms with Crippen molar-refractivity contribution in [1.82, 2.24) is 4.90 Å². The Morgan fingerprint density at radius 3 is 2.38 bits per heavy atom. The third-order valence-electron chi connectivity index (χ3n) is 4.84. The third kappa shape index (κ3) is 3.33. The molecule has 0 N–H and O–H groups in total. The number of carbonyl (C=O) groups excluding carboxylic acids is 4. The number of hydrogen-bond donors (Lipinski definition) is 0. The normalized spacial score (nSPS) is 17.9. The molecule has 2 aromatic rings. The van der Waals surface area contributed by atoms with E-state index in [1.807, 2.05) is 0 Å². The van der Waals surface area contributed by atoms with Gasteiger partial charge in [0.2, 0.25) is 6.10 Å². The number of ether oxygens (including phenoxy) is 3. The van der Waals surface area contributed by atoms with Crippen LogP contribution in [0.15, 0.2) is 42.5 Å². The van der Waals surface area contributed by atoms with Gasteiger partial charge in [-0.15, -0.1) is 0 Å². The van der Waals surface area contributed by atoms with Crippen molar-refractivity contribution in [3.8, 4) is 5.75 Å². The molecule has 2 aliphatic heterocycles. The molecule has 148 valence electrons. The zero-order valence-corrected chi connectivity index (χ0v) is 15.5. The molecular weight excluding hydrogens is 378 g/mol. The molecule has 4 rings (SSSR count). The molecule has 29 heavy (non-hydrogen) atoms. The summed E-state index contributed by atoms with van der Waals surface area (Å²) in [6.45, 7) is 0.190. The highest BCUT2D eigenvalue weighted by Gasteiger charge is 2.35. The molecule has 1 fully saturated rings. The molecule has 2 aliphatic rings. The van der Waals surface area contributed by atoms with Crippen molar-refractivity contribution in [1.29, 1.82) is 0 Å². The maximum atomic E-state index is 12.6. The molecule has 2 amide bonds. The zero-order valence-electron chi connectivity index (χ0n) is 15.5. The van der Waals surface area contributed by atoms with Gasteiger partial charge in [-0.05, 0) is 29.8 Å². The monoisotopic (exact) mass is 395 g/mol. The number of methoxy groups -OCH3 is 1. The maximum Gasteiger partial charge on any atom is 0.347 e. The van der Waals surface area contributed by atoms with Crippen molar-refractivity contribution in [2.24, 2.45) is 0 Å². The van der Waals surface area contributed by atoms with Crippen LogP contribution in [0.4, 0.5) is 0 Å². The maximum absolute atomic E-state index is 12.6. The van der Waals surface area contributed by atoms with Crippen LogP contribution in [0.1, 0.15) is 43.1 Å². The van der Waals surface area contributed by atoms with E-state index < -0.39 is 18.0 Å². The number of rotatable bonds is 5. The fraction of sp³-hybridized carbons (Fsp3) is 0.238. The van der Waals surface area contributed by atoms with E-state index in [1.54, 1.807) is 36.4 Å². The summed E-state index contributed by atoms with van der Waals surface area (Å²) in [5, 5.41) is 0.